The van der Waals surface area contributed by atoms with Crippen molar-refractivity contribution in [2.45, 2.75) is 314 Å². The number of rotatable bonds is 22. The number of aliphatic hydroxyl groups excluding tert-OH is 11. The van der Waals surface area contributed by atoms with Crippen LogP contribution < -0.4 is 0 Å². The molecule has 0 amide bonds. The van der Waals surface area contributed by atoms with Gasteiger partial charge < -0.3 is 108 Å². The second-order valence-corrected chi connectivity index (χ2v) is 26.5. The lowest BCUT2D eigenvalue weighted by Crippen LogP contribution is -2.67. The van der Waals surface area contributed by atoms with E-state index in [2.05, 4.69) is 0 Å². The van der Waals surface area contributed by atoms with Gasteiger partial charge in [-0.2, -0.15) is 0 Å². The van der Waals surface area contributed by atoms with Gasteiger partial charge in [0.2, 0.25) is 0 Å². The Kier molecular flexibility index (Phi) is 24.7. The standard InChI is InChI=1S/C57H104O22/c1-22(2)16-31-37(58)29(14)39(60)53(70-31)76-49-33(18-24(5)6)72-55(45(66)40(49)61)78-51-35(20-26(9)10)74-57(47(68)42(51)63)79-52-36(21-27(11)12)73-56(46(67)43(52)64)77-50-34(19-25(7)8)71-54(44(65)41(50)62)75-48-32(17-23(3)4)69-30(15)28(13)38(48)59/h22-68H,16-21H2,1-15H3. The first-order valence-corrected chi connectivity index (χ1v) is 29.6. The van der Waals surface area contributed by atoms with Gasteiger partial charge in [-0.25, -0.2) is 0 Å². The fraction of sp³-hybridized carbons (Fsp3) is 1.00. The molecule has 0 spiro atoms. The first-order chi connectivity index (χ1) is 36.9. The molecule has 6 fully saturated rings. The summed E-state index contributed by atoms with van der Waals surface area (Å²) in [7, 11) is 0. The van der Waals surface area contributed by atoms with Crippen molar-refractivity contribution in [1.82, 2.24) is 0 Å². The smallest absolute Gasteiger partial charge is 0.187 e. The molecule has 6 rings (SSSR count). The molecule has 6 aliphatic heterocycles. The summed E-state index contributed by atoms with van der Waals surface area (Å²) in [6, 6.07) is 0. The highest BCUT2D eigenvalue weighted by Crippen LogP contribution is 2.41. The Morgan fingerprint density at radius 3 is 0.734 bits per heavy atom. The van der Waals surface area contributed by atoms with Crippen LogP contribution in [0.2, 0.25) is 0 Å². The molecule has 22 nitrogen and oxygen atoms in total. The highest BCUT2D eigenvalue weighted by Gasteiger charge is 2.57. The zero-order valence-electron chi connectivity index (χ0n) is 49.4. The predicted molar refractivity (Wildman–Crippen MR) is 283 cm³/mol. The van der Waals surface area contributed by atoms with E-state index in [0.29, 0.717) is 25.7 Å². The molecule has 79 heavy (non-hydrogen) atoms. The Labute approximate surface area is 468 Å². The van der Waals surface area contributed by atoms with Gasteiger partial charge in [0.05, 0.1) is 54.9 Å². The highest BCUT2D eigenvalue weighted by molar-refractivity contribution is 5.00. The van der Waals surface area contributed by atoms with Crippen LogP contribution in [0.25, 0.3) is 0 Å². The minimum Gasteiger partial charge on any atom is -0.390 e. The molecule has 0 aromatic rings. The van der Waals surface area contributed by atoms with E-state index in [0.717, 1.165) is 0 Å². The van der Waals surface area contributed by atoms with Crippen molar-refractivity contribution < 1.29 is 108 Å². The van der Waals surface area contributed by atoms with Crippen LogP contribution in [0, 0.1) is 47.3 Å². The average Bonchev–Trinajstić information content (AvgIpc) is 3.35. The molecule has 11 N–H and O–H groups in total. The van der Waals surface area contributed by atoms with Gasteiger partial charge in [0, 0.05) is 11.8 Å². The van der Waals surface area contributed by atoms with E-state index in [1.807, 2.05) is 96.9 Å². The largest absolute Gasteiger partial charge is 0.390 e. The monoisotopic (exact) mass is 1140 g/mol. The van der Waals surface area contributed by atoms with E-state index in [1.54, 1.807) is 6.92 Å². The van der Waals surface area contributed by atoms with Gasteiger partial charge in [0.1, 0.15) is 85.5 Å². The summed E-state index contributed by atoms with van der Waals surface area (Å²) in [6.07, 6.45) is -34.1. The summed E-state index contributed by atoms with van der Waals surface area (Å²) in [4.78, 5) is 0. The molecule has 0 radical (unpaired) electrons. The quantitative estimate of drug-likeness (QED) is 0.0737. The minimum atomic E-state index is -1.85. The molecule has 6 saturated heterocycles. The summed E-state index contributed by atoms with van der Waals surface area (Å²) < 4.78 is 69.6. The van der Waals surface area contributed by atoms with Crippen LogP contribution in [0.1, 0.15) is 142 Å². The molecule has 0 aliphatic carbocycles. The van der Waals surface area contributed by atoms with Crippen LogP contribution in [0.15, 0.2) is 0 Å². The molecule has 6 aliphatic rings. The van der Waals surface area contributed by atoms with Gasteiger partial charge in [0.25, 0.3) is 0 Å². The molecule has 30 unspecified atom stereocenters. The van der Waals surface area contributed by atoms with E-state index >= 15 is 0 Å². The fourth-order valence-electron chi connectivity index (χ4n) is 12.1. The molecular formula is C57H104O22. The topological polar surface area (TPSA) is 324 Å². The lowest BCUT2D eigenvalue weighted by molar-refractivity contribution is -0.393. The minimum absolute atomic E-state index is 0.0180. The van der Waals surface area contributed by atoms with Crippen molar-refractivity contribution in [3.8, 4) is 0 Å². The van der Waals surface area contributed by atoms with E-state index < -0.39 is 172 Å². The van der Waals surface area contributed by atoms with Gasteiger partial charge in [-0.05, 0) is 81.0 Å². The lowest BCUT2D eigenvalue weighted by Gasteiger charge is -2.51. The zero-order valence-corrected chi connectivity index (χ0v) is 49.4. The fourth-order valence-corrected chi connectivity index (χ4v) is 12.1. The maximum Gasteiger partial charge on any atom is 0.187 e. The highest BCUT2D eigenvalue weighted by atomic mass is 16.8. The Hall–Kier alpha value is -0.880. The molecular weight excluding hydrogens is 1040 g/mol. The number of ether oxygens (including phenoxy) is 11. The molecule has 0 aromatic carbocycles. The summed E-state index contributed by atoms with van der Waals surface area (Å²) in [5.74, 6) is -0.796. The van der Waals surface area contributed by atoms with Crippen molar-refractivity contribution in [1.29, 1.82) is 0 Å². The number of aliphatic hydroxyl groups is 11. The molecule has 464 valence electrons. The third-order valence-electron chi connectivity index (χ3n) is 16.7. The van der Waals surface area contributed by atoms with Crippen LogP contribution in [-0.2, 0) is 52.1 Å². The predicted octanol–water partition coefficient (Wildman–Crippen LogP) is 1.84. The molecule has 0 bridgehead atoms. The summed E-state index contributed by atoms with van der Waals surface area (Å²) in [5, 5.41) is 128. The van der Waals surface area contributed by atoms with Gasteiger partial charge in [-0.3, -0.25) is 0 Å². The molecule has 22 heteroatoms. The van der Waals surface area contributed by atoms with Crippen LogP contribution in [0.5, 0.6) is 0 Å². The Balaban J connectivity index is 1.16. The number of hydrogen-bond donors (Lipinski definition) is 11. The molecule has 0 saturated carbocycles. The second kappa shape index (κ2) is 29.0. The second-order valence-electron chi connectivity index (χ2n) is 26.5. The SMILES string of the molecule is CC(C)CC1OC(OC2C(CC(C)C)OC(OC3C(CC(C)C)OC(OC4C(CC(C)C)OC(OC5C(CC(C)C)OC(OC6C(CC(C)C)OC(C)C(C)C6O)C(O)C5O)C(O)C4O)C(O)C3O)C(O)C2O)C(O)C(C)C1O. The van der Waals surface area contributed by atoms with E-state index in [-0.39, 0.29) is 60.4 Å². The zero-order chi connectivity index (χ0) is 58.8. The Bertz CT molecular complexity index is 1800. The first kappa shape index (κ1) is 67.2. The molecule has 30 atom stereocenters. The van der Waals surface area contributed by atoms with Crippen LogP contribution in [0.3, 0.4) is 0 Å². The summed E-state index contributed by atoms with van der Waals surface area (Å²) in [6.45, 7) is 28.8. The summed E-state index contributed by atoms with van der Waals surface area (Å²) >= 11 is 0. The van der Waals surface area contributed by atoms with Gasteiger partial charge in [-0.1, -0.05) is 96.9 Å². The molecule has 0 aromatic heterocycles. The van der Waals surface area contributed by atoms with Crippen LogP contribution in [-0.4, -0.2) is 228 Å². The van der Waals surface area contributed by atoms with Crippen molar-refractivity contribution in [2.75, 3.05) is 0 Å². The van der Waals surface area contributed by atoms with Crippen molar-refractivity contribution >= 4 is 0 Å². The maximum absolute atomic E-state index is 12.0. The van der Waals surface area contributed by atoms with E-state index in [9.17, 15) is 56.2 Å². The Morgan fingerprint density at radius 1 is 0.253 bits per heavy atom. The lowest BCUT2D eigenvalue weighted by atomic mass is 9.85. The van der Waals surface area contributed by atoms with Gasteiger partial charge in [-0.15, -0.1) is 0 Å². The summed E-state index contributed by atoms with van der Waals surface area (Å²) in [5.41, 5.74) is 0. The van der Waals surface area contributed by atoms with E-state index in [1.165, 1.54) is 0 Å². The van der Waals surface area contributed by atoms with Gasteiger partial charge >= 0.3 is 0 Å². The number of hydrogen-bond acceptors (Lipinski definition) is 22. The Morgan fingerprint density at radius 2 is 0.468 bits per heavy atom. The normalized spacial score (nSPS) is 47.5. The first-order valence-electron chi connectivity index (χ1n) is 29.6. The van der Waals surface area contributed by atoms with Crippen LogP contribution in [0.4, 0.5) is 0 Å². The van der Waals surface area contributed by atoms with Crippen molar-refractivity contribution in [3.63, 3.8) is 0 Å². The van der Waals surface area contributed by atoms with Crippen LogP contribution >= 0.6 is 0 Å². The third kappa shape index (κ3) is 16.4. The average molecular weight is 1140 g/mol. The van der Waals surface area contributed by atoms with E-state index in [4.69, 9.17) is 52.1 Å². The van der Waals surface area contributed by atoms with Gasteiger partial charge in [0.15, 0.2) is 31.5 Å². The third-order valence-corrected chi connectivity index (χ3v) is 16.7. The maximum atomic E-state index is 12.0. The molecule has 6 heterocycles. The van der Waals surface area contributed by atoms with Crippen molar-refractivity contribution in [3.05, 3.63) is 0 Å². The van der Waals surface area contributed by atoms with Crippen molar-refractivity contribution in [2.24, 2.45) is 47.3 Å².